The summed E-state index contributed by atoms with van der Waals surface area (Å²) in [6, 6.07) is 0.177. The maximum atomic E-state index is 11.4. The molecule has 0 spiro atoms. The number of amides is 1. The van der Waals surface area contributed by atoms with Crippen LogP contribution in [0.1, 0.15) is 31.7 Å². The zero-order valence-corrected chi connectivity index (χ0v) is 10.9. The van der Waals surface area contributed by atoms with E-state index in [-0.39, 0.29) is 11.9 Å². The predicted octanol–water partition coefficient (Wildman–Crippen LogP) is 2.07. The highest BCUT2D eigenvalue weighted by Gasteiger charge is 2.10. The molecular formula is C11H18ClN3O. The minimum atomic E-state index is 0.0404. The molecule has 0 aliphatic heterocycles. The highest BCUT2D eigenvalue weighted by Crippen LogP contribution is 2.18. The monoisotopic (exact) mass is 243 g/mol. The molecule has 1 rings (SSSR count). The minimum absolute atomic E-state index is 0.0404. The zero-order chi connectivity index (χ0) is 12.3. The Balaban J connectivity index is 2.55. The van der Waals surface area contributed by atoms with Gasteiger partial charge in [-0.3, -0.25) is 9.48 Å². The fraction of sp³-hybridized carbons (Fsp3) is 0.636. The predicted molar refractivity (Wildman–Crippen MR) is 64.6 cm³/mol. The summed E-state index contributed by atoms with van der Waals surface area (Å²) in [5.41, 5.74) is 1.72. The van der Waals surface area contributed by atoms with Crippen LogP contribution in [0.4, 0.5) is 0 Å². The van der Waals surface area contributed by atoms with Crippen molar-refractivity contribution < 1.29 is 4.79 Å². The molecule has 0 atom stereocenters. The summed E-state index contributed by atoms with van der Waals surface area (Å²) in [5.74, 6) is 0.0404. The Hall–Kier alpha value is -1.03. The number of hydrogen-bond donors (Lipinski definition) is 1. The number of nitrogens with one attached hydrogen (secondary N) is 1. The van der Waals surface area contributed by atoms with Gasteiger partial charge in [0.05, 0.1) is 23.0 Å². The summed E-state index contributed by atoms with van der Waals surface area (Å²) < 4.78 is 1.78. The molecule has 1 amide bonds. The average molecular weight is 244 g/mol. The van der Waals surface area contributed by atoms with Gasteiger partial charge in [-0.05, 0) is 27.7 Å². The van der Waals surface area contributed by atoms with Crippen LogP contribution in [0.3, 0.4) is 0 Å². The number of carbonyl (C=O) groups is 1. The number of rotatable bonds is 4. The Bertz CT molecular complexity index is 385. The number of hydrogen-bond acceptors (Lipinski definition) is 2. The first-order valence-electron chi connectivity index (χ1n) is 5.40. The molecule has 1 N–H and O–H groups in total. The van der Waals surface area contributed by atoms with Crippen molar-refractivity contribution in [2.45, 2.75) is 46.7 Å². The molecule has 0 radical (unpaired) electrons. The smallest absolute Gasteiger partial charge is 0.222 e. The second-order valence-electron chi connectivity index (χ2n) is 4.18. The first kappa shape index (κ1) is 13.0. The van der Waals surface area contributed by atoms with E-state index < -0.39 is 0 Å². The second kappa shape index (κ2) is 5.34. The van der Waals surface area contributed by atoms with Gasteiger partial charge in [0, 0.05) is 12.5 Å². The van der Waals surface area contributed by atoms with Gasteiger partial charge < -0.3 is 5.32 Å². The first-order chi connectivity index (χ1) is 7.41. The molecule has 0 unspecified atom stereocenters. The third-order valence-electron chi connectivity index (χ3n) is 2.29. The van der Waals surface area contributed by atoms with Crippen molar-refractivity contribution in [3.05, 3.63) is 16.4 Å². The highest BCUT2D eigenvalue weighted by molar-refractivity contribution is 6.31. The van der Waals surface area contributed by atoms with Crippen molar-refractivity contribution in [2.24, 2.45) is 0 Å². The molecule has 4 nitrogen and oxygen atoms in total. The standard InChI is InChI=1S/C11H18ClN3O/c1-7(2)13-10(16)5-6-15-9(4)11(12)8(3)14-15/h7H,5-6H2,1-4H3,(H,13,16). The van der Waals surface area contributed by atoms with Gasteiger partial charge in [-0.15, -0.1) is 0 Å². The van der Waals surface area contributed by atoms with Gasteiger partial charge >= 0.3 is 0 Å². The third kappa shape index (κ3) is 3.23. The Morgan fingerprint density at radius 3 is 2.56 bits per heavy atom. The van der Waals surface area contributed by atoms with Gasteiger partial charge in [0.25, 0.3) is 0 Å². The van der Waals surface area contributed by atoms with Gasteiger partial charge in [0.1, 0.15) is 0 Å². The van der Waals surface area contributed by atoms with E-state index in [2.05, 4.69) is 10.4 Å². The number of carbonyl (C=O) groups excluding carboxylic acids is 1. The number of aromatic nitrogens is 2. The van der Waals surface area contributed by atoms with E-state index in [0.29, 0.717) is 18.0 Å². The molecule has 1 aromatic rings. The Morgan fingerprint density at radius 2 is 2.12 bits per heavy atom. The summed E-state index contributed by atoms with van der Waals surface area (Å²) >= 11 is 6.01. The van der Waals surface area contributed by atoms with Crippen molar-refractivity contribution in [1.82, 2.24) is 15.1 Å². The maximum Gasteiger partial charge on any atom is 0.222 e. The molecular weight excluding hydrogens is 226 g/mol. The molecule has 0 saturated carbocycles. The second-order valence-corrected chi connectivity index (χ2v) is 4.56. The van der Waals surface area contributed by atoms with Gasteiger partial charge in [0.15, 0.2) is 0 Å². The van der Waals surface area contributed by atoms with Crippen LogP contribution in [0, 0.1) is 13.8 Å². The molecule has 0 bridgehead atoms. The van der Waals surface area contributed by atoms with Crippen LogP contribution < -0.4 is 5.32 Å². The van der Waals surface area contributed by atoms with Crippen molar-refractivity contribution in [3.63, 3.8) is 0 Å². The zero-order valence-electron chi connectivity index (χ0n) is 10.2. The molecule has 1 heterocycles. The van der Waals surface area contributed by atoms with Crippen LogP contribution in [-0.2, 0) is 11.3 Å². The molecule has 0 saturated heterocycles. The molecule has 0 aromatic carbocycles. The molecule has 0 aliphatic carbocycles. The Morgan fingerprint density at radius 1 is 1.50 bits per heavy atom. The van der Waals surface area contributed by atoms with Gasteiger partial charge in [-0.2, -0.15) is 5.10 Å². The fourth-order valence-electron chi connectivity index (χ4n) is 1.49. The summed E-state index contributed by atoms with van der Waals surface area (Å²) in [6.45, 7) is 8.22. The van der Waals surface area contributed by atoms with E-state index in [1.807, 2.05) is 27.7 Å². The van der Waals surface area contributed by atoms with E-state index in [1.165, 1.54) is 0 Å². The van der Waals surface area contributed by atoms with Crippen LogP contribution >= 0.6 is 11.6 Å². The SMILES string of the molecule is Cc1nn(CCC(=O)NC(C)C)c(C)c1Cl. The van der Waals surface area contributed by atoms with E-state index in [9.17, 15) is 4.79 Å². The van der Waals surface area contributed by atoms with E-state index in [1.54, 1.807) is 4.68 Å². The van der Waals surface area contributed by atoms with E-state index >= 15 is 0 Å². The van der Waals surface area contributed by atoms with E-state index in [4.69, 9.17) is 11.6 Å². The lowest BCUT2D eigenvalue weighted by Crippen LogP contribution is -2.30. The Labute approximate surface area is 101 Å². The van der Waals surface area contributed by atoms with Crippen LogP contribution in [-0.4, -0.2) is 21.7 Å². The first-order valence-corrected chi connectivity index (χ1v) is 5.78. The van der Waals surface area contributed by atoms with Crippen LogP contribution in [0.15, 0.2) is 0 Å². The lowest BCUT2D eigenvalue weighted by atomic mass is 10.3. The molecule has 0 aliphatic rings. The molecule has 1 aromatic heterocycles. The molecule has 90 valence electrons. The highest BCUT2D eigenvalue weighted by atomic mass is 35.5. The Kier molecular flexibility index (Phi) is 4.35. The lowest BCUT2D eigenvalue weighted by molar-refractivity contribution is -0.121. The average Bonchev–Trinajstić information content (AvgIpc) is 2.42. The normalized spacial score (nSPS) is 10.9. The van der Waals surface area contributed by atoms with Crippen LogP contribution in [0.25, 0.3) is 0 Å². The maximum absolute atomic E-state index is 11.4. The fourth-order valence-corrected chi connectivity index (χ4v) is 1.63. The summed E-state index contributed by atoms with van der Waals surface area (Å²) in [5, 5.41) is 7.79. The molecule has 0 fully saturated rings. The minimum Gasteiger partial charge on any atom is -0.354 e. The van der Waals surface area contributed by atoms with Crippen molar-refractivity contribution in [3.8, 4) is 0 Å². The topological polar surface area (TPSA) is 46.9 Å². The van der Waals surface area contributed by atoms with Gasteiger partial charge in [-0.25, -0.2) is 0 Å². The largest absolute Gasteiger partial charge is 0.354 e. The summed E-state index contributed by atoms with van der Waals surface area (Å²) in [7, 11) is 0. The number of nitrogens with zero attached hydrogens (tertiary/aromatic N) is 2. The number of halogens is 1. The lowest BCUT2D eigenvalue weighted by Gasteiger charge is -2.08. The van der Waals surface area contributed by atoms with E-state index in [0.717, 1.165) is 11.4 Å². The third-order valence-corrected chi connectivity index (χ3v) is 2.84. The van der Waals surface area contributed by atoms with Crippen molar-refractivity contribution in [2.75, 3.05) is 0 Å². The van der Waals surface area contributed by atoms with Crippen molar-refractivity contribution in [1.29, 1.82) is 0 Å². The van der Waals surface area contributed by atoms with Gasteiger partial charge in [0.2, 0.25) is 5.91 Å². The number of aryl methyl sites for hydroxylation is 2. The quantitative estimate of drug-likeness (QED) is 0.880. The molecule has 16 heavy (non-hydrogen) atoms. The van der Waals surface area contributed by atoms with Crippen molar-refractivity contribution >= 4 is 17.5 Å². The van der Waals surface area contributed by atoms with Gasteiger partial charge in [-0.1, -0.05) is 11.6 Å². The summed E-state index contributed by atoms with van der Waals surface area (Å²) in [4.78, 5) is 11.4. The molecule has 5 heteroatoms. The van der Waals surface area contributed by atoms with Crippen LogP contribution in [0.5, 0.6) is 0 Å². The summed E-state index contributed by atoms with van der Waals surface area (Å²) in [6.07, 6.45) is 0.427. The van der Waals surface area contributed by atoms with Crippen LogP contribution in [0.2, 0.25) is 5.02 Å².